The summed E-state index contributed by atoms with van der Waals surface area (Å²) in [6.45, 7) is 2.11. The van der Waals surface area contributed by atoms with Crippen molar-refractivity contribution >= 4 is 5.97 Å². The summed E-state index contributed by atoms with van der Waals surface area (Å²) < 4.78 is 0. The Morgan fingerprint density at radius 1 is 1.56 bits per heavy atom. The smallest absolute Gasteiger partial charge is 0.303 e. The van der Waals surface area contributed by atoms with Crippen molar-refractivity contribution < 1.29 is 9.90 Å². The zero-order chi connectivity index (χ0) is 11.5. The van der Waals surface area contributed by atoms with E-state index in [-0.39, 0.29) is 6.42 Å². The SMILES string of the molecule is CCc1[nH]c(CCC(=O)O)nc1C1CCC1. The average Bonchev–Trinajstić information content (AvgIpc) is 2.55. The molecule has 4 heteroatoms. The number of aromatic amines is 1. The highest BCUT2D eigenvalue weighted by Gasteiger charge is 2.24. The van der Waals surface area contributed by atoms with Gasteiger partial charge in [-0.2, -0.15) is 0 Å². The summed E-state index contributed by atoms with van der Waals surface area (Å²) in [4.78, 5) is 18.3. The van der Waals surface area contributed by atoms with Gasteiger partial charge in [-0.05, 0) is 19.3 Å². The summed E-state index contributed by atoms with van der Waals surface area (Å²) in [5, 5.41) is 8.63. The third-order valence-corrected chi connectivity index (χ3v) is 3.28. The molecule has 2 N–H and O–H groups in total. The number of carboxylic acids is 1. The average molecular weight is 222 g/mol. The number of aliphatic carboxylic acids is 1. The van der Waals surface area contributed by atoms with E-state index in [1.807, 2.05) is 0 Å². The van der Waals surface area contributed by atoms with Gasteiger partial charge in [-0.15, -0.1) is 0 Å². The van der Waals surface area contributed by atoms with Crippen LogP contribution in [-0.2, 0) is 17.6 Å². The lowest BCUT2D eigenvalue weighted by molar-refractivity contribution is -0.137. The number of aryl methyl sites for hydroxylation is 2. The Kier molecular flexibility index (Phi) is 3.27. The lowest BCUT2D eigenvalue weighted by Crippen LogP contribution is -2.11. The molecule has 1 aromatic heterocycles. The highest BCUT2D eigenvalue weighted by atomic mass is 16.4. The van der Waals surface area contributed by atoms with Gasteiger partial charge in [0.2, 0.25) is 0 Å². The Hall–Kier alpha value is -1.32. The van der Waals surface area contributed by atoms with Gasteiger partial charge in [-0.25, -0.2) is 4.98 Å². The van der Waals surface area contributed by atoms with E-state index in [2.05, 4.69) is 16.9 Å². The normalized spacial score (nSPS) is 16.1. The van der Waals surface area contributed by atoms with E-state index in [0.29, 0.717) is 12.3 Å². The third-order valence-electron chi connectivity index (χ3n) is 3.28. The van der Waals surface area contributed by atoms with Crippen molar-refractivity contribution in [3.8, 4) is 0 Å². The van der Waals surface area contributed by atoms with Crippen molar-refractivity contribution in [2.24, 2.45) is 0 Å². The monoisotopic (exact) mass is 222 g/mol. The number of nitrogens with zero attached hydrogens (tertiary/aromatic N) is 1. The minimum absolute atomic E-state index is 0.154. The Bertz CT molecular complexity index is 380. The predicted octanol–water partition coefficient (Wildman–Crippen LogP) is 2.26. The van der Waals surface area contributed by atoms with Gasteiger partial charge in [0.05, 0.1) is 12.1 Å². The van der Waals surface area contributed by atoms with Gasteiger partial charge in [0.1, 0.15) is 5.82 Å². The van der Waals surface area contributed by atoms with Crippen LogP contribution in [0.5, 0.6) is 0 Å². The van der Waals surface area contributed by atoms with Crippen LogP contribution in [0.15, 0.2) is 0 Å². The van der Waals surface area contributed by atoms with Crippen LogP contribution in [0.1, 0.15) is 55.7 Å². The fraction of sp³-hybridized carbons (Fsp3) is 0.667. The van der Waals surface area contributed by atoms with Crippen molar-refractivity contribution in [3.63, 3.8) is 0 Å². The molecular weight excluding hydrogens is 204 g/mol. The zero-order valence-corrected chi connectivity index (χ0v) is 9.62. The van der Waals surface area contributed by atoms with E-state index in [4.69, 9.17) is 5.11 Å². The van der Waals surface area contributed by atoms with Gasteiger partial charge in [0.25, 0.3) is 0 Å². The Morgan fingerprint density at radius 2 is 2.31 bits per heavy atom. The highest BCUT2D eigenvalue weighted by Crippen LogP contribution is 2.37. The summed E-state index contributed by atoms with van der Waals surface area (Å²) in [5.41, 5.74) is 2.39. The Balaban J connectivity index is 2.08. The number of carbonyl (C=O) groups is 1. The molecule has 1 fully saturated rings. The fourth-order valence-electron chi connectivity index (χ4n) is 2.11. The largest absolute Gasteiger partial charge is 0.481 e. The molecule has 88 valence electrons. The Labute approximate surface area is 95.1 Å². The first-order chi connectivity index (χ1) is 7.70. The highest BCUT2D eigenvalue weighted by molar-refractivity contribution is 5.66. The zero-order valence-electron chi connectivity index (χ0n) is 9.62. The molecule has 0 radical (unpaired) electrons. The van der Waals surface area contributed by atoms with E-state index in [1.54, 1.807) is 0 Å². The second-order valence-corrected chi connectivity index (χ2v) is 4.42. The number of hydrogen-bond donors (Lipinski definition) is 2. The van der Waals surface area contributed by atoms with Gasteiger partial charge in [-0.3, -0.25) is 4.79 Å². The van der Waals surface area contributed by atoms with Crippen molar-refractivity contribution in [2.45, 2.75) is 51.4 Å². The standard InChI is InChI=1S/C12H18N2O2/c1-2-9-12(8-4-3-5-8)14-10(13-9)6-7-11(15)16/h8H,2-7H2,1H3,(H,13,14)(H,15,16). The number of aromatic nitrogens is 2. The summed E-state index contributed by atoms with van der Waals surface area (Å²) >= 11 is 0. The van der Waals surface area contributed by atoms with Gasteiger partial charge in [-0.1, -0.05) is 13.3 Å². The summed E-state index contributed by atoms with van der Waals surface area (Å²) in [5.74, 6) is 0.686. The fourth-order valence-corrected chi connectivity index (χ4v) is 2.11. The molecule has 2 rings (SSSR count). The minimum Gasteiger partial charge on any atom is -0.481 e. The number of carboxylic acid groups (broad SMARTS) is 1. The summed E-state index contributed by atoms with van der Waals surface area (Å²) in [7, 11) is 0. The van der Waals surface area contributed by atoms with Crippen LogP contribution < -0.4 is 0 Å². The van der Waals surface area contributed by atoms with E-state index < -0.39 is 5.97 Å². The molecule has 1 aliphatic rings. The molecule has 0 atom stereocenters. The van der Waals surface area contributed by atoms with Crippen LogP contribution in [0.4, 0.5) is 0 Å². The third kappa shape index (κ3) is 2.26. The molecule has 0 aromatic carbocycles. The maximum atomic E-state index is 10.5. The molecule has 1 saturated carbocycles. The van der Waals surface area contributed by atoms with Gasteiger partial charge in [0, 0.05) is 18.0 Å². The first-order valence-corrected chi connectivity index (χ1v) is 6.00. The molecule has 0 bridgehead atoms. The Morgan fingerprint density at radius 3 is 2.81 bits per heavy atom. The molecule has 0 aliphatic heterocycles. The maximum absolute atomic E-state index is 10.5. The lowest BCUT2D eigenvalue weighted by atomic mass is 9.82. The van der Waals surface area contributed by atoms with Crippen LogP contribution in [0, 0.1) is 0 Å². The molecule has 0 amide bonds. The second-order valence-electron chi connectivity index (χ2n) is 4.42. The maximum Gasteiger partial charge on any atom is 0.303 e. The van der Waals surface area contributed by atoms with Crippen molar-refractivity contribution in [3.05, 3.63) is 17.2 Å². The molecular formula is C12H18N2O2. The van der Waals surface area contributed by atoms with E-state index in [1.165, 1.54) is 30.7 Å². The van der Waals surface area contributed by atoms with Crippen molar-refractivity contribution in [2.75, 3.05) is 0 Å². The molecule has 0 unspecified atom stereocenters. The van der Waals surface area contributed by atoms with Crippen molar-refractivity contribution in [1.82, 2.24) is 9.97 Å². The van der Waals surface area contributed by atoms with Gasteiger partial charge >= 0.3 is 5.97 Å². The molecule has 0 spiro atoms. The van der Waals surface area contributed by atoms with Crippen LogP contribution in [0.2, 0.25) is 0 Å². The van der Waals surface area contributed by atoms with Gasteiger partial charge in [0.15, 0.2) is 0 Å². The first-order valence-electron chi connectivity index (χ1n) is 6.00. The van der Waals surface area contributed by atoms with Crippen molar-refractivity contribution in [1.29, 1.82) is 0 Å². The predicted molar refractivity (Wildman–Crippen MR) is 60.5 cm³/mol. The number of imidazole rings is 1. The topological polar surface area (TPSA) is 66.0 Å². The number of nitrogens with one attached hydrogen (secondary N) is 1. The van der Waals surface area contributed by atoms with E-state index >= 15 is 0 Å². The number of H-pyrrole nitrogens is 1. The molecule has 0 saturated heterocycles. The number of hydrogen-bond acceptors (Lipinski definition) is 2. The molecule has 1 heterocycles. The first kappa shape index (κ1) is 11.2. The molecule has 1 aliphatic carbocycles. The van der Waals surface area contributed by atoms with Gasteiger partial charge < -0.3 is 10.1 Å². The van der Waals surface area contributed by atoms with Crippen LogP contribution in [0.25, 0.3) is 0 Å². The minimum atomic E-state index is -0.764. The van der Waals surface area contributed by atoms with E-state index in [9.17, 15) is 4.79 Å². The molecule has 4 nitrogen and oxygen atoms in total. The molecule has 1 aromatic rings. The number of rotatable bonds is 5. The van der Waals surface area contributed by atoms with E-state index in [0.717, 1.165) is 12.2 Å². The van der Waals surface area contributed by atoms with Crippen LogP contribution in [0.3, 0.4) is 0 Å². The lowest BCUT2D eigenvalue weighted by Gasteiger charge is -2.24. The molecule has 16 heavy (non-hydrogen) atoms. The summed E-state index contributed by atoms with van der Waals surface area (Å²) in [6, 6.07) is 0. The van der Waals surface area contributed by atoms with Crippen LogP contribution in [-0.4, -0.2) is 21.0 Å². The quantitative estimate of drug-likeness (QED) is 0.803. The van der Waals surface area contributed by atoms with Crippen LogP contribution >= 0.6 is 0 Å². The second kappa shape index (κ2) is 4.68. The summed E-state index contributed by atoms with van der Waals surface area (Å²) in [6.07, 6.45) is 5.37.